The minimum absolute atomic E-state index is 0.0789. The van der Waals surface area contributed by atoms with Gasteiger partial charge >= 0.3 is 0 Å². The molecule has 0 aliphatic carbocycles. The first-order chi connectivity index (χ1) is 18.5. The Labute approximate surface area is 230 Å². The lowest BCUT2D eigenvalue weighted by Crippen LogP contribution is -2.45. The zero-order valence-electron chi connectivity index (χ0n) is 22.5. The lowest BCUT2D eigenvalue weighted by molar-refractivity contribution is 0.0569. The molecule has 7 nitrogen and oxygen atoms in total. The number of anilines is 1. The van der Waals surface area contributed by atoms with Gasteiger partial charge < -0.3 is 14.5 Å². The number of likely N-dealkylation sites (tertiary alicyclic amines) is 1. The van der Waals surface area contributed by atoms with E-state index in [9.17, 15) is 4.79 Å². The SMILES string of the molecule is Cc1cc(C(=O)N2CCCC[C@H]2CCOc2cccc(CN3CCN(c4cccc(Cl)c4)CC3)c2)n(C)n1. The van der Waals surface area contributed by atoms with Gasteiger partial charge in [-0.05, 0) is 68.1 Å². The minimum atomic E-state index is 0.0789. The Bertz CT molecular complexity index is 1240. The molecule has 3 aromatic rings. The summed E-state index contributed by atoms with van der Waals surface area (Å²) >= 11 is 6.18. The van der Waals surface area contributed by atoms with Gasteiger partial charge in [-0.15, -0.1) is 0 Å². The summed E-state index contributed by atoms with van der Waals surface area (Å²) in [5.41, 5.74) is 3.99. The molecule has 2 aromatic carbocycles. The van der Waals surface area contributed by atoms with Crippen LogP contribution in [0.4, 0.5) is 5.69 Å². The van der Waals surface area contributed by atoms with Crippen molar-refractivity contribution in [1.82, 2.24) is 19.6 Å². The highest BCUT2D eigenvalue weighted by Gasteiger charge is 2.29. The molecule has 5 rings (SSSR count). The average molecular weight is 536 g/mol. The first-order valence-corrected chi connectivity index (χ1v) is 14.1. The average Bonchev–Trinajstić information content (AvgIpc) is 3.27. The van der Waals surface area contributed by atoms with E-state index in [-0.39, 0.29) is 11.9 Å². The Morgan fingerprint density at radius 2 is 1.84 bits per heavy atom. The predicted octanol–water partition coefficient (Wildman–Crippen LogP) is 5.17. The third-order valence-corrected chi connectivity index (χ3v) is 7.91. The summed E-state index contributed by atoms with van der Waals surface area (Å²) in [5, 5.41) is 5.14. The lowest BCUT2D eigenvalue weighted by Gasteiger charge is -2.36. The van der Waals surface area contributed by atoms with Gasteiger partial charge in [0.1, 0.15) is 11.4 Å². The number of halogens is 1. The largest absolute Gasteiger partial charge is 0.494 e. The second-order valence-corrected chi connectivity index (χ2v) is 10.9. The molecule has 0 saturated carbocycles. The highest BCUT2D eigenvalue weighted by molar-refractivity contribution is 6.30. The summed E-state index contributed by atoms with van der Waals surface area (Å²) in [6.07, 6.45) is 4.06. The van der Waals surface area contributed by atoms with E-state index in [0.717, 1.165) is 81.4 Å². The summed E-state index contributed by atoms with van der Waals surface area (Å²) in [6.45, 7) is 8.24. The van der Waals surface area contributed by atoms with Gasteiger partial charge in [0, 0.05) is 69.5 Å². The van der Waals surface area contributed by atoms with E-state index in [0.29, 0.717) is 12.3 Å². The number of ether oxygens (including phenoxy) is 1. The van der Waals surface area contributed by atoms with Gasteiger partial charge in [-0.2, -0.15) is 5.10 Å². The van der Waals surface area contributed by atoms with Crippen LogP contribution in [0.15, 0.2) is 54.6 Å². The number of carbonyl (C=O) groups is 1. The molecule has 0 radical (unpaired) electrons. The van der Waals surface area contributed by atoms with Gasteiger partial charge in [-0.3, -0.25) is 14.4 Å². The third-order valence-electron chi connectivity index (χ3n) is 7.68. The molecule has 0 spiro atoms. The molecule has 202 valence electrons. The predicted molar refractivity (Wildman–Crippen MR) is 152 cm³/mol. The topological polar surface area (TPSA) is 53.8 Å². The Kier molecular flexibility index (Phi) is 8.55. The zero-order chi connectivity index (χ0) is 26.5. The van der Waals surface area contributed by atoms with E-state index in [4.69, 9.17) is 16.3 Å². The number of rotatable bonds is 8. The first kappa shape index (κ1) is 26.6. The van der Waals surface area contributed by atoms with Crippen molar-refractivity contribution in [2.45, 2.75) is 45.2 Å². The van der Waals surface area contributed by atoms with E-state index in [1.54, 1.807) is 4.68 Å². The van der Waals surface area contributed by atoms with Crippen LogP contribution in [-0.2, 0) is 13.6 Å². The van der Waals surface area contributed by atoms with Gasteiger partial charge in [0.05, 0.1) is 12.3 Å². The van der Waals surface area contributed by atoms with E-state index >= 15 is 0 Å². The molecule has 2 aliphatic rings. The first-order valence-electron chi connectivity index (χ1n) is 13.7. The Balaban J connectivity index is 1.11. The molecule has 3 heterocycles. The van der Waals surface area contributed by atoms with Crippen LogP contribution < -0.4 is 9.64 Å². The lowest BCUT2D eigenvalue weighted by atomic mass is 9.99. The van der Waals surface area contributed by atoms with Crippen molar-refractivity contribution >= 4 is 23.2 Å². The standard InChI is InChI=1S/C30H38ClN5O2/c1-23-19-29(33(2)32-23)30(37)36-13-4-3-9-26(36)12-18-38-28-11-5-7-24(20-28)22-34-14-16-35(17-15-34)27-10-6-8-25(31)21-27/h5-8,10-11,19-21,26H,3-4,9,12-18,22H2,1-2H3/t26-/m0/s1. The van der Waals surface area contributed by atoms with Crippen molar-refractivity contribution in [3.8, 4) is 5.75 Å². The maximum atomic E-state index is 13.2. The van der Waals surface area contributed by atoms with Gasteiger partial charge in [-0.25, -0.2) is 0 Å². The van der Waals surface area contributed by atoms with Crippen LogP contribution in [-0.4, -0.2) is 70.9 Å². The van der Waals surface area contributed by atoms with E-state index in [1.807, 2.05) is 49.2 Å². The summed E-state index contributed by atoms with van der Waals surface area (Å²) in [6, 6.07) is 18.6. The number of aryl methyl sites for hydroxylation is 2. The summed E-state index contributed by atoms with van der Waals surface area (Å²) in [7, 11) is 1.84. The number of amides is 1. The Morgan fingerprint density at radius 1 is 1.03 bits per heavy atom. The van der Waals surface area contributed by atoms with Crippen molar-refractivity contribution in [1.29, 1.82) is 0 Å². The fourth-order valence-corrected chi connectivity index (χ4v) is 5.85. The van der Waals surface area contributed by atoms with Crippen molar-refractivity contribution in [2.24, 2.45) is 7.05 Å². The van der Waals surface area contributed by atoms with E-state index in [2.05, 4.69) is 39.2 Å². The van der Waals surface area contributed by atoms with Gasteiger partial charge in [0.25, 0.3) is 5.91 Å². The molecule has 1 amide bonds. The quantitative estimate of drug-likeness (QED) is 0.398. The van der Waals surface area contributed by atoms with Gasteiger partial charge in [-0.1, -0.05) is 29.8 Å². The van der Waals surface area contributed by atoms with Crippen LogP contribution in [0.25, 0.3) is 0 Å². The molecule has 1 atom stereocenters. The molecule has 2 aliphatic heterocycles. The number of hydrogen-bond acceptors (Lipinski definition) is 5. The molecule has 0 bridgehead atoms. The van der Waals surface area contributed by atoms with Crippen molar-refractivity contribution < 1.29 is 9.53 Å². The Morgan fingerprint density at radius 3 is 2.61 bits per heavy atom. The van der Waals surface area contributed by atoms with Crippen LogP contribution in [0.2, 0.25) is 5.02 Å². The number of nitrogens with zero attached hydrogens (tertiary/aromatic N) is 5. The highest BCUT2D eigenvalue weighted by Crippen LogP contribution is 2.24. The van der Waals surface area contributed by atoms with Crippen LogP contribution in [0, 0.1) is 6.92 Å². The van der Waals surface area contributed by atoms with Gasteiger partial charge in [0.15, 0.2) is 0 Å². The maximum absolute atomic E-state index is 13.2. The molecular weight excluding hydrogens is 498 g/mol. The Hall–Kier alpha value is -3.03. The summed E-state index contributed by atoms with van der Waals surface area (Å²) < 4.78 is 7.89. The molecule has 8 heteroatoms. The van der Waals surface area contributed by atoms with Crippen LogP contribution in [0.1, 0.15) is 47.4 Å². The molecule has 1 aromatic heterocycles. The number of piperazine rings is 1. The normalized spacial score (nSPS) is 18.6. The molecule has 0 unspecified atom stereocenters. The monoisotopic (exact) mass is 535 g/mol. The van der Waals surface area contributed by atoms with Crippen LogP contribution in [0.3, 0.4) is 0 Å². The second kappa shape index (κ2) is 12.2. The second-order valence-electron chi connectivity index (χ2n) is 10.5. The number of aromatic nitrogens is 2. The molecular formula is C30H38ClN5O2. The molecule has 0 N–H and O–H groups in total. The van der Waals surface area contributed by atoms with Gasteiger partial charge in [0.2, 0.25) is 0 Å². The minimum Gasteiger partial charge on any atom is -0.494 e. The van der Waals surface area contributed by atoms with Crippen LogP contribution >= 0.6 is 11.6 Å². The van der Waals surface area contributed by atoms with E-state index < -0.39 is 0 Å². The zero-order valence-corrected chi connectivity index (χ0v) is 23.2. The fourth-order valence-electron chi connectivity index (χ4n) is 5.67. The van der Waals surface area contributed by atoms with Crippen molar-refractivity contribution in [3.05, 3.63) is 76.6 Å². The third kappa shape index (κ3) is 6.51. The smallest absolute Gasteiger partial charge is 0.272 e. The highest BCUT2D eigenvalue weighted by atomic mass is 35.5. The number of piperidine rings is 1. The van der Waals surface area contributed by atoms with Crippen LogP contribution in [0.5, 0.6) is 5.75 Å². The molecule has 2 fully saturated rings. The van der Waals surface area contributed by atoms with E-state index in [1.165, 1.54) is 11.3 Å². The number of hydrogen-bond donors (Lipinski definition) is 0. The summed E-state index contributed by atoms with van der Waals surface area (Å²) in [4.78, 5) is 20.2. The maximum Gasteiger partial charge on any atom is 0.272 e. The summed E-state index contributed by atoms with van der Waals surface area (Å²) in [5.74, 6) is 0.978. The fraction of sp³-hybridized carbons (Fsp3) is 0.467. The molecule has 38 heavy (non-hydrogen) atoms. The van der Waals surface area contributed by atoms with Crippen molar-refractivity contribution in [2.75, 3.05) is 44.2 Å². The number of carbonyl (C=O) groups excluding carboxylic acids is 1. The number of benzene rings is 2. The van der Waals surface area contributed by atoms with Crippen molar-refractivity contribution in [3.63, 3.8) is 0 Å². The molecule has 2 saturated heterocycles.